The Morgan fingerprint density at radius 2 is 1.71 bits per heavy atom. The van der Waals surface area contributed by atoms with Gasteiger partial charge in [0, 0.05) is 12.8 Å². The van der Waals surface area contributed by atoms with Gasteiger partial charge < -0.3 is 10.2 Å². The SMILES string of the molecule is CC(C)C(C(=O)O)C1(O)Cc2ccccc2C1. The standard InChI is InChI=1S/C14H18O3/c1-9(2)12(13(15)16)14(17)7-10-5-3-4-6-11(10)8-14/h3-6,9,12,17H,7-8H2,1-2H3,(H,15,16). The summed E-state index contributed by atoms with van der Waals surface area (Å²) in [4.78, 5) is 11.3. The van der Waals surface area contributed by atoms with Crippen LogP contribution in [0.3, 0.4) is 0 Å². The van der Waals surface area contributed by atoms with Gasteiger partial charge in [-0.3, -0.25) is 4.79 Å². The summed E-state index contributed by atoms with van der Waals surface area (Å²) in [5.41, 5.74) is 1.01. The Labute approximate surface area is 101 Å². The molecule has 0 aromatic heterocycles. The number of hydrogen-bond acceptors (Lipinski definition) is 2. The van der Waals surface area contributed by atoms with Gasteiger partial charge >= 0.3 is 5.97 Å². The van der Waals surface area contributed by atoms with E-state index in [1.165, 1.54) is 0 Å². The van der Waals surface area contributed by atoms with Crippen molar-refractivity contribution >= 4 is 5.97 Å². The van der Waals surface area contributed by atoms with Crippen molar-refractivity contribution in [3.8, 4) is 0 Å². The van der Waals surface area contributed by atoms with Gasteiger partial charge in [-0.15, -0.1) is 0 Å². The third-order valence-corrected chi connectivity index (χ3v) is 3.62. The molecule has 0 bridgehead atoms. The zero-order valence-corrected chi connectivity index (χ0v) is 10.2. The number of fused-ring (bicyclic) bond motifs is 1. The fraction of sp³-hybridized carbons (Fsp3) is 0.500. The zero-order valence-electron chi connectivity index (χ0n) is 10.2. The Morgan fingerprint density at radius 1 is 1.24 bits per heavy atom. The maximum atomic E-state index is 11.3. The van der Waals surface area contributed by atoms with E-state index in [2.05, 4.69) is 0 Å². The van der Waals surface area contributed by atoms with Gasteiger partial charge in [-0.05, 0) is 17.0 Å². The second kappa shape index (κ2) is 4.15. The van der Waals surface area contributed by atoms with Crippen molar-refractivity contribution in [2.45, 2.75) is 32.3 Å². The predicted octanol–water partition coefficient (Wildman–Crippen LogP) is 1.87. The predicted molar refractivity (Wildman–Crippen MR) is 64.8 cm³/mol. The molecule has 92 valence electrons. The summed E-state index contributed by atoms with van der Waals surface area (Å²) in [5, 5.41) is 19.9. The lowest BCUT2D eigenvalue weighted by atomic mass is 9.77. The Hall–Kier alpha value is -1.35. The number of aliphatic carboxylic acids is 1. The molecule has 2 rings (SSSR count). The third-order valence-electron chi connectivity index (χ3n) is 3.62. The zero-order chi connectivity index (χ0) is 12.6. The number of carbonyl (C=O) groups is 1. The van der Waals surface area contributed by atoms with Crippen LogP contribution in [0.1, 0.15) is 25.0 Å². The molecule has 1 aliphatic carbocycles. The maximum absolute atomic E-state index is 11.3. The molecule has 3 nitrogen and oxygen atoms in total. The summed E-state index contributed by atoms with van der Waals surface area (Å²) in [6.45, 7) is 3.69. The van der Waals surface area contributed by atoms with Crippen molar-refractivity contribution in [3.05, 3.63) is 35.4 Å². The molecule has 0 spiro atoms. The Bertz CT molecular complexity index is 412. The third kappa shape index (κ3) is 2.07. The quantitative estimate of drug-likeness (QED) is 0.839. The summed E-state index contributed by atoms with van der Waals surface area (Å²) >= 11 is 0. The molecule has 1 atom stereocenters. The molecular weight excluding hydrogens is 216 g/mol. The molecule has 1 unspecified atom stereocenters. The fourth-order valence-corrected chi connectivity index (χ4v) is 2.98. The van der Waals surface area contributed by atoms with E-state index in [1.807, 2.05) is 38.1 Å². The lowest BCUT2D eigenvalue weighted by Crippen LogP contribution is -2.46. The molecule has 0 saturated carbocycles. The van der Waals surface area contributed by atoms with Crippen molar-refractivity contribution in [3.63, 3.8) is 0 Å². The lowest BCUT2D eigenvalue weighted by molar-refractivity contribution is -0.154. The molecule has 0 radical (unpaired) electrons. The van der Waals surface area contributed by atoms with Crippen molar-refractivity contribution in [1.82, 2.24) is 0 Å². The van der Waals surface area contributed by atoms with Gasteiger partial charge in [0.2, 0.25) is 0 Å². The monoisotopic (exact) mass is 234 g/mol. The summed E-state index contributed by atoms with van der Waals surface area (Å²) in [6, 6.07) is 7.78. The van der Waals surface area contributed by atoms with Gasteiger partial charge in [-0.1, -0.05) is 38.1 Å². The van der Waals surface area contributed by atoms with E-state index in [1.54, 1.807) is 0 Å². The van der Waals surface area contributed by atoms with E-state index in [-0.39, 0.29) is 5.92 Å². The Kier molecular flexibility index (Phi) is 2.96. The van der Waals surface area contributed by atoms with Crippen molar-refractivity contribution in [1.29, 1.82) is 0 Å². The van der Waals surface area contributed by atoms with Crippen LogP contribution in [0, 0.1) is 11.8 Å². The van der Waals surface area contributed by atoms with Crippen LogP contribution in [0.15, 0.2) is 24.3 Å². The maximum Gasteiger partial charge on any atom is 0.309 e. The lowest BCUT2D eigenvalue weighted by Gasteiger charge is -2.32. The fourth-order valence-electron chi connectivity index (χ4n) is 2.98. The average Bonchev–Trinajstić information content (AvgIpc) is 2.52. The summed E-state index contributed by atoms with van der Waals surface area (Å²) < 4.78 is 0. The van der Waals surface area contributed by atoms with E-state index >= 15 is 0 Å². The van der Waals surface area contributed by atoms with Crippen LogP contribution < -0.4 is 0 Å². The first-order valence-corrected chi connectivity index (χ1v) is 5.96. The molecular formula is C14H18O3. The topological polar surface area (TPSA) is 57.5 Å². The van der Waals surface area contributed by atoms with Crippen LogP contribution in [0.4, 0.5) is 0 Å². The van der Waals surface area contributed by atoms with Crippen LogP contribution in [0.25, 0.3) is 0 Å². The van der Waals surface area contributed by atoms with Crippen molar-refractivity contribution < 1.29 is 15.0 Å². The van der Waals surface area contributed by atoms with Gasteiger partial charge in [-0.2, -0.15) is 0 Å². The van der Waals surface area contributed by atoms with E-state index < -0.39 is 17.5 Å². The Balaban J connectivity index is 2.32. The molecule has 1 aromatic carbocycles. The molecule has 0 saturated heterocycles. The molecule has 1 aromatic rings. The minimum absolute atomic E-state index is 0.0770. The highest BCUT2D eigenvalue weighted by atomic mass is 16.4. The summed E-state index contributed by atoms with van der Waals surface area (Å²) in [6.07, 6.45) is 0.886. The van der Waals surface area contributed by atoms with Crippen LogP contribution in [0.2, 0.25) is 0 Å². The normalized spacial score (nSPS) is 19.1. The highest BCUT2D eigenvalue weighted by Gasteiger charge is 2.47. The highest BCUT2D eigenvalue weighted by Crippen LogP contribution is 2.38. The number of aliphatic hydroxyl groups is 1. The first-order valence-electron chi connectivity index (χ1n) is 5.96. The van der Waals surface area contributed by atoms with E-state index in [9.17, 15) is 15.0 Å². The highest BCUT2D eigenvalue weighted by molar-refractivity contribution is 5.72. The van der Waals surface area contributed by atoms with Crippen LogP contribution >= 0.6 is 0 Å². The molecule has 0 heterocycles. The minimum Gasteiger partial charge on any atom is -0.481 e. The summed E-state index contributed by atoms with van der Waals surface area (Å²) in [7, 11) is 0. The second-order valence-corrected chi connectivity index (χ2v) is 5.29. The van der Waals surface area contributed by atoms with Crippen molar-refractivity contribution in [2.24, 2.45) is 11.8 Å². The number of hydrogen-bond donors (Lipinski definition) is 2. The first-order chi connectivity index (χ1) is 7.94. The van der Waals surface area contributed by atoms with Gasteiger partial charge in [0.25, 0.3) is 0 Å². The molecule has 0 aliphatic heterocycles. The molecule has 0 fully saturated rings. The summed E-state index contributed by atoms with van der Waals surface area (Å²) in [5.74, 6) is -1.70. The van der Waals surface area contributed by atoms with Gasteiger partial charge in [0.15, 0.2) is 0 Å². The number of carboxylic acid groups (broad SMARTS) is 1. The average molecular weight is 234 g/mol. The smallest absolute Gasteiger partial charge is 0.309 e. The van der Waals surface area contributed by atoms with Crippen LogP contribution in [0.5, 0.6) is 0 Å². The van der Waals surface area contributed by atoms with Gasteiger partial charge in [0.1, 0.15) is 0 Å². The van der Waals surface area contributed by atoms with E-state index in [0.29, 0.717) is 12.8 Å². The molecule has 1 aliphatic rings. The molecule has 0 amide bonds. The molecule has 2 N–H and O–H groups in total. The Morgan fingerprint density at radius 3 is 2.06 bits per heavy atom. The van der Waals surface area contributed by atoms with Gasteiger partial charge in [-0.25, -0.2) is 0 Å². The largest absolute Gasteiger partial charge is 0.481 e. The van der Waals surface area contributed by atoms with Crippen LogP contribution in [-0.2, 0) is 17.6 Å². The van der Waals surface area contributed by atoms with Gasteiger partial charge in [0.05, 0.1) is 11.5 Å². The second-order valence-electron chi connectivity index (χ2n) is 5.29. The number of benzene rings is 1. The van der Waals surface area contributed by atoms with Crippen LogP contribution in [-0.4, -0.2) is 21.8 Å². The number of carboxylic acids is 1. The van der Waals surface area contributed by atoms with Crippen molar-refractivity contribution in [2.75, 3.05) is 0 Å². The number of rotatable bonds is 3. The van der Waals surface area contributed by atoms with E-state index in [0.717, 1.165) is 11.1 Å². The van der Waals surface area contributed by atoms with E-state index in [4.69, 9.17) is 0 Å². The first kappa shape index (κ1) is 12.1. The molecule has 3 heteroatoms. The minimum atomic E-state index is -1.14. The molecule has 17 heavy (non-hydrogen) atoms.